The van der Waals surface area contributed by atoms with E-state index in [1.54, 1.807) is 38.4 Å². The Labute approximate surface area is 331 Å². The van der Waals surface area contributed by atoms with Crippen LogP contribution in [0.1, 0.15) is 25.2 Å². The number of carbonyl (C=O) groups excluding carboxylic acids is 2. The van der Waals surface area contributed by atoms with Crippen LogP contribution in [0.25, 0.3) is 11.4 Å². The van der Waals surface area contributed by atoms with E-state index in [9.17, 15) is 36.7 Å². The molecule has 2 saturated heterocycles. The number of piperazine rings is 2. The molecule has 0 unspecified atom stereocenters. The molecular weight excluding hydrogens is 772 g/mol. The summed E-state index contributed by atoms with van der Waals surface area (Å²) in [6, 6.07) is 10.8. The third kappa shape index (κ3) is 14.5. The van der Waals surface area contributed by atoms with E-state index in [0.717, 1.165) is 50.4 Å². The van der Waals surface area contributed by atoms with Crippen molar-refractivity contribution < 1.29 is 56.4 Å². The Bertz CT molecular complexity index is 1890. The lowest BCUT2D eigenvalue weighted by Gasteiger charge is -2.33. The average molecular weight is 817 g/mol. The van der Waals surface area contributed by atoms with Gasteiger partial charge in [0.15, 0.2) is 23.3 Å². The fraction of sp³-hybridized carbons (Fsp3) is 0.368. The summed E-state index contributed by atoms with van der Waals surface area (Å²) in [4.78, 5) is 49.6. The highest BCUT2D eigenvalue weighted by Crippen LogP contribution is 2.15. The van der Waals surface area contributed by atoms with Crippen molar-refractivity contribution in [3.63, 3.8) is 0 Å². The summed E-state index contributed by atoms with van der Waals surface area (Å²) in [5.41, 5.74) is 2.30. The van der Waals surface area contributed by atoms with Crippen molar-refractivity contribution in [2.45, 2.75) is 27.1 Å². The molecule has 2 fully saturated rings. The van der Waals surface area contributed by atoms with Gasteiger partial charge in [-0.1, -0.05) is 0 Å². The monoisotopic (exact) mass is 816 g/mol. The number of rotatable bonds is 12. The largest absolute Gasteiger partial charge is 0.478 e. The van der Waals surface area contributed by atoms with E-state index in [1.807, 2.05) is 9.80 Å². The van der Waals surface area contributed by atoms with E-state index in [2.05, 4.69) is 20.0 Å². The minimum Gasteiger partial charge on any atom is -0.478 e. The third-order valence-electron chi connectivity index (χ3n) is 8.68. The molecule has 6 rings (SSSR count). The van der Waals surface area contributed by atoms with Crippen molar-refractivity contribution in [2.75, 3.05) is 65.8 Å². The summed E-state index contributed by atoms with van der Waals surface area (Å²) in [7, 11) is 0. The van der Waals surface area contributed by atoms with Crippen molar-refractivity contribution in [1.82, 2.24) is 39.2 Å². The van der Waals surface area contributed by atoms with E-state index < -0.39 is 35.2 Å². The molecule has 312 valence electrons. The second-order valence-electron chi connectivity index (χ2n) is 12.9. The Balaban J connectivity index is 0.000000217. The van der Waals surface area contributed by atoms with Crippen LogP contribution in [0.3, 0.4) is 0 Å². The van der Waals surface area contributed by atoms with E-state index in [-0.39, 0.29) is 11.8 Å². The van der Waals surface area contributed by atoms with Gasteiger partial charge in [-0.05, 0) is 36.4 Å². The molecule has 0 bridgehead atoms. The first-order valence-corrected chi connectivity index (χ1v) is 17.9. The van der Waals surface area contributed by atoms with Crippen LogP contribution in [0.4, 0.5) is 17.6 Å². The van der Waals surface area contributed by atoms with Crippen molar-refractivity contribution in [2.24, 2.45) is 0 Å². The molecule has 0 spiro atoms. The van der Waals surface area contributed by atoms with Crippen LogP contribution in [0, 0.1) is 23.3 Å². The number of ether oxygens (including phenoxy) is 2. The lowest BCUT2D eigenvalue weighted by atomic mass is 10.3. The molecule has 0 aliphatic carbocycles. The van der Waals surface area contributed by atoms with E-state index in [1.165, 1.54) is 21.5 Å². The number of hydrogen-bond acceptors (Lipinski definition) is 10. The number of amides is 2. The molecule has 58 heavy (non-hydrogen) atoms. The molecule has 2 aromatic heterocycles. The lowest BCUT2D eigenvalue weighted by molar-refractivity contribution is -0.134. The van der Waals surface area contributed by atoms with E-state index in [0.29, 0.717) is 87.8 Å². The van der Waals surface area contributed by atoms with Crippen LogP contribution in [0.5, 0.6) is 0 Å². The zero-order chi connectivity index (χ0) is 42.2. The van der Waals surface area contributed by atoms with Crippen molar-refractivity contribution in [1.29, 1.82) is 0 Å². The van der Waals surface area contributed by atoms with Gasteiger partial charge in [-0.15, -0.1) is 0 Å². The number of aromatic nitrogens is 4. The van der Waals surface area contributed by atoms with Gasteiger partial charge in [0.25, 0.3) is 0 Å². The van der Waals surface area contributed by atoms with Gasteiger partial charge in [0.2, 0.25) is 11.8 Å². The van der Waals surface area contributed by atoms with Crippen LogP contribution in [0.2, 0.25) is 0 Å². The summed E-state index contributed by atoms with van der Waals surface area (Å²) in [6.45, 7) is 10.7. The standard InChI is InChI=1S/2C17H20F2N4O2.C4H4O4/c2*1-13(24)22-8-6-21(7-9-22)12-25-11-14-4-5-23(20-14)15-2-3-16(18)17(19)10-15;5-3(6)1-2-4(7)8/h2*2-5,10H,6-9,11-12H2,1H3;1-2H,(H,5,6)(H,7,8)/b;;2-1-. The summed E-state index contributed by atoms with van der Waals surface area (Å²) in [5, 5.41) is 24.2. The highest BCUT2D eigenvalue weighted by Gasteiger charge is 2.19. The van der Waals surface area contributed by atoms with Crippen molar-refractivity contribution in [3.05, 3.63) is 108 Å². The summed E-state index contributed by atoms with van der Waals surface area (Å²) in [5.74, 6) is -5.90. The van der Waals surface area contributed by atoms with Gasteiger partial charge >= 0.3 is 11.9 Å². The Morgan fingerprint density at radius 1 is 0.586 bits per heavy atom. The van der Waals surface area contributed by atoms with E-state index >= 15 is 0 Å². The minimum atomic E-state index is -1.26. The quantitative estimate of drug-likeness (QED) is 0.158. The number of benzene rings is 2. The number of hydrogen-bond donors (Lipinski definition) is 2. The van der Waals surface area contributed by atoms with Crippen molar-refractivity contribution in [3.8, 4) is 11.4 Å². The van der Waals surface area contributed by atoms with Gasteiger partial charge in [-0.25, -0.2) is 36.5 Å². The zero-order valence-electron chi connectivity index (χ0n) is 31.8. The average Bonchev–Trinajstić information content (AvgIpc) is 3.88. The van der Waals surface area contributed by atoms with Crippen LogP contribution in [-0.4, -0.2) is 139 Å². The third-order valence-corrected chi connectivity index (χ3v) is 8.68. The molecule has 2 amide bonds. The lowest BCUT2D eigenvalue weighted by Crippen LogP contribution is -2.48. The minimum absolute atomic E-state index is 0.100. The maximum Gasteiger partial charge on any atom is 0.328 e. The molecule has 0 radical (unpaired) electrons. The van der Waals surface area contributed by atoms with Crippen LogP contribution < -0.4 is 0 Å². The molecule has 2 aromatic carbocycles. The predicted molar refractivity (Wildman–Crippen MR) is 198 cm³/mol. The number of aliphatic carboxylic acids is 2. The number of nitrogens with zero attached hydrogens (tertiary/aromatic N) is 8. The first-order chi connectivity index (χ1) is 27.7. The molecule has 4 heterocycles. The molecule has 0 atom stereocenters. The summed E-state index contributed by atoms with van der Waals surface area (Å²) in [6.07, 6.45) is 4.47. The van der Waals surface area contributed by atoms with Crippen LogP contribution >= 0.6 is 0 Å². The summed E-state index contributed by atoms with van der Waals surface area (Å²) < 4.78 is 66.8. The fourth-order valence-electron chi connectivity index (χ4n) is 5.50. The fourth-order valence-corrected chi connectivity index (χ4v) is 5.50. The van der Waals surface area contributed by atoms with Gasteiger partial charge in [0.1, 0.15) is 0 Å². The van der Waals surface area contributed by atoms with E-state index in [4.69, 9.17) is 19.7 Å². The molecule has 20 heteroatoms. The number of halogens is 4. The van der Waals surface area contributed by atoms with Crippen LogP contribution in [0.15, 0.2) is 73.1 Å². The SMILES string of the molecule is CC(=O)N1CCN(COCc2ccn(-c3ccc(F)c(F)c3)n2)CC1.CC(=O)N1CCN(COCc2ccn(-c3ccc(F)c(F)c3)n2)CC1.O=C(O)/C=C\C(=O)O. The maximum absolute atomic E-state index is 13.3. The molecule has 16 nitrogen and oxygen atoms in total. The Morgan fingerprint density at radius 3 is 1.26 bits per heavy atom. The first kappa shape index (κ1) is 44.8. The van der Waals surface area contributed by atoms with Gasteiger partial charge in [0.05, 0.1) is 49.4 Å². The van der Waals surface area contributed by atoms with Crippen LogP contribution in [-0.2, 0) is 41.9 Å². The van der Waals surface area contributed by atoms with Gasteiger partial charge < -0.3 is 29.5 Å². The highest BCUT2D eigenvalue weighted by atomic mass is 19.2. The Kier molecular flexibility index (Phi) is 17.1. The van der Waals surface area contributed by atoms with Gasteiger partial charge in [-0.2, -0.15) is 10.2 Å². The Morgan fingerprint density at radius 2 is 0.948 bits per heavy atom. The number of carboxylic acid groups (broad SMARTS) is 2. The molecule has 4 aromatic rings. The molecule has 2 aliphatic rings. The van der Waals surface area contributed by atoms with Gasteiger partial charge in [-0.3, -0.25) is 19.4 Å². The smallest absolute Gasteiger partial charge is 0.328 e. The highest BCUT2D eigenvalue weighted by molar-refractivity contribution is 5.89. The first-order valence-electron chi connectivity index (χ1n) is 17.9. The number of carboxylic acids is 2. The Hall–Kier alpha value is -5.96. The summed E-state index contributed by atoms with van der Waals surface area (Å²) >= 11 is 0. The second kappa shape index (κ2) is 22.1. The number of carbonyl (C=O) groups is 4. The predicted octanol–water partition coefficient (Wildman–Crippen LogP) is 3.29. The van der Waals surface area contributed by atoms with Crippen molar-refractivity contribution >= 4 is 23.8 Å². The molecular formula is C38H44F4N8O8. The maximum atomic E-state index is 13.3. The topological polar surface area (TPSA) is 176 Å². The molecule has 2 aliphatic heterocycles. The molecule has 0 saturated carbocycles. The zero-order valence-corrected chi connectivity index (χ0v) is 31.8. The molecule has 2 N–H and O–H groups in total. The normalized spacial score (nSPS) is 14.7. The van der Waals surface area contributed by atoms with Gasteiger partial charge in [0, 0.05) is 103 Å². The second-order valence-corrected chi connectivity index (χ2v) is 12.9.